The Morgan fingerprint density at radius 2 is 1.96 bits per heavy atom. The number of hydrogen-bond acceptors (Lipinski definition) is 5. The summed E-state index contributed by atoms with van der Waals surface area (Å²) in [4.78, 5) is 25.2. The van der Waals surface area contributed by atoms with Crippen molar-refractivity contribution in [2.24, 2.45) is 0 Å². The van der Waals surface area contributed by atoms with Crippen molar-refractivity contribution in [1.82, 2.24) is 20.2 Å². The zero-order valence-electron chi connectivity index (χ0n) is 15.8. The first kappa shape index (κ1) is 18.1. The summed E-state index contributed by atoms with van der Waals surface area (Å²) in [7, 11) is 1.91. The highest BCUT2D eigenvalue weighted by Crippen LogP contribution is 2.20. The van der Waals surface area contributed by atoms with Crippen molar-refractivity contribution in [1.29, 1.82) is 0 Å². The summed E-state index contributed by atoms with van der Waals surface area (Å²) in [5.74, 6) is 2.32. The highest BCUT2D eigenvalue weighted by Gasteiger charge is 2.27. The van der Waals surface area contributed by atoms with Crippen LogP contribution in [0.15, 0.2) is 6.07 Å². The van der Waals surface area contributed by atoms with Gasteiger partial charge in [-0.2, -0.15) is 0 Å². The number of anilines is 1. The van der Waals surface area contributed by atoms with Gasteiger partial charge in [-0.1, -0.05) is 6.92 Å². The molecule has 0 radical (unpaired) electrons. The molecule has 6 nitrogen and oxygen atoms in total. The number of hydrogen-bond donors (Lipinski definition) is 1. The highest BCUT2D eigenvalue weighted by atomic mass is 16.2. The van der Waals surface area contributed by atoms with Crippen molar-refractivity contribution in [3.63, 3.8) is 0 Å². The van der Waals surface area contributed by atoms with Crippen LogP contribution in [0.5, 0.6) is 0 Å². The fourth-order valence-electron chi connectivity index (χ4n) is 3.87. The topological polar surface area (TPSA) is 61.4 Å². The number of likely N-dealkylation sites (tertiary alicyclic amines) is 1. The van der Waals surface area contributed by atoms with Crippen molar-refractivity contribution >= 4 is 11.7 Å². The van der Waals surface area contributed by atoms with Gasteiger partial charge in [0.25, 0.3) is 0 Å². The third-order valence-corrected chi connectivity index (χ3v) is 5.28. The van der Waals surface area contributed by atoms with Gasteiger partial charge in [-0.3, -0.25) is 4.79 Å². The zero-order chi connectivity index (χ0) is 17.8. The molecule has 1 N–H and O–H groups in total. The number of carbonyl (C=O) groups excluding carboxylic acids is 1. The number of piperidine rings is 2. The summed E-state index contributed by atoms with van der Waals surface area (Å²) >= 11 is 0. The first-order valence-corrected chi connectivity index (χ1v) is 9.64. The molecule has 2 saturated heterocycles. The van der Waals surface area contributed by atoms with Gasteiger partial charge in [0.1, 0.15) is 11.6 Å². The van der Waals surface area contributed by atoms with Gasteiger partial charge in [-0.05, 0) is 32.6 Å². The van der Waals surface area contributed by atoms with E-state index >= 15 is 0 Å². The maximum absolute atomic E-state index is 11.6. The molecule has 2 fully saturated rings. The van der Waals surface area contributed by atoms with Gasteiger partial charge < -0.3 is 15.1 Å². The molecular weight excluding hydrogens is 314 g/mol. The van der Waals surface area contributed by atoms with E-state index in [1.807, 2.05) is 11.9 Å². The number of nitrogens with one attached hydrogen (secondary N) is 1. The fraction of sp³-hybridized carbons (Fsp3) is 0.737. The second-order valence-corrected chi connectivity index (χ2v) is 7.47. The minimum absolute atomic E-state index is 0.273. The molecular formula is C19H31N5O. The van der Waals surface area contributed by atoms with E-state index in [2.05, 4.69) is 35.1 Å². The van der Waals surface area contributed by atoms with Crippen molar-refractivity contribution in [3.05, 3.63) is 17.6 Å². The number of aryl methyl sites for hydroxylation is 2. The molecule has 0 spiro atoms. The van der Waals surface area contributed by atoms with Gasteiger partial charge in [0.15, 0.2) is 0 Å². The monoisotopic (exact) mass is 345 g/mol. The summed E-state index contributed by atoms with van der Waals surface area (Å²) in [5, 5.41) is 3.77. The van der Waals surface area contributed by atoms with E-state index in [9.17, 15) is 4.79 Å². The molecule has 6 heteroatoms. The lowest BCUT2D eigenvalue weighted by atomic mass is 10.00. The van der Waals surface area contributed by atoms with Crippen molar-refractivity contribution < 1.29 is 4.79 Å². The normalized spacial score (nSPS) is 22.5. The van der Waals surface area contributed by atoms with Gasteiger partial charge in [-0.25, -0.2) is 9.97 Å². The Hall–Kier alpha value is -1.69. The molecule has 2 aliphatic rings. The molecule has 1 amide bonds. The summed E-state index contributed by atoms with van der Waals surface area (Å²) in [6.07, 6.45) is 5.91. The lowest BCUT2D eigenvalue weighted by Crippen LogP contribution is -2.52. The average Bonchev–Trinajstić information content (AvgIpc) is 2.59. The zero-order valence-corrected chi connectivity index (χ0v) is 15.8. The van der Waals surface area contributed by atoms with E-state index in [0.717, 1.165) is 69.1 Å². The lowest BCUT2D eigenvalue weighted by molar-refractivity contribution is -0.132. The molecule has 138 valence electrons. The van der Waals surface area contributed by atoms with Gasteiger partial charge in [0.2, 0.25) is 5.91 Å². The Morgan fingerprint density at radius 3 is 2.64 bits per heavy atom. The Kier molecular flexibility index (Phi) is 5.89. The van der Waals surface area contributed by atoms with Crippen LogP contribution in [0.1, 0.15) is 50.5 Å². The molecule has 2 aliphatic heterocycles. The first-order chi connectivity index (χ1) is 12.0. The molecule has 0 aliphatic carbocycles. The molecule has 1 aromatic rings. The molecule has 1 atom stereocenters. The smallest absolute Gasteiger partial charge is 0.222 e. The largest absolute Gasteiger partial charge is 0.356 e. The number of rotatable bonds is 5. The molecule has 3 rings (SSSR count). The predicted octanol–water partition coefficient (Wildman–Crippen LogP) is 1.92. The maximum atomic E-state index is 11.6. The number of likely N-dealkylation sites (N-methyl/N-ethyl adjacent to an activating group) is 1. The van der Waals surface area contributed by atoms with Crippen LogP contribution in [-0.2, 0) is 11.2 Å². The first-order valence-electron chi connectivity index (χ1n) is 9.64. The van der Waals surface area contributed by atoms with Crippen LogP contribution in [0.2, 0.25) is 0 Å². The van der Waals surface area contributed by atoms with Crippen LogP contribution < -0.4 is 10.2 Å². The van der Waals surface area contributed by atoms with Crippen LogP contribution in [0, 0.1) is 6.92 Å². The number of aromatic nitrogens is 2. The summed E-state index contributed by atoms with van der Waals surface area (Å²) < 4.78 is 0. The predicted molar refractivity (Wildman–Crippen MR) is 99.8 cm³/mol. The van der Waals surface area contributed by atoms with E-state index < -0.39 is 0 Å². The van der Waals surface area contributed by atoms with E-state index in [1.54, 1.807) is 0 Å². The summed E-state index contributed by atoms with van der Waals surface area (Å²) in [5.41, 5.74) is 1.06. The molecule has 3 heterocycles. The fourth-order valence-corrected chi connectivity index (χ4v) is 3.87. The van der Waals surface area contributed by atoms with Crippen LogP contribution in [-0.4, -0.2) is 59.5 Å². The van der Waals surface area contributed by atoms with Crippen LogP contribution in [0.25, 0.3) is 0 Å². The van der Waals surface area contributed by atoms with E-state index in [4.69, 9.17) is 4.98 Å². The Morgan fingerprint density at radius 1 is 1.20 bits per heavy atom. The average molecular weight is 345 g/mol. The standard InChI is InChI=1S/C19H31N5O/c1-4-5-17-20-14(2)12-18(22-17)24-10-8-15(9-11-24)21-16-6-7-19(25)23(3)13-16/h12,15-16,21H,4-11,13H2,1-3H3. The van der Waals surface area contributed by atoms with Gasteiger partial charge in [-0.15, -0.1) is 0 Å². The second-order valence-electron chi connectivity index (χ2n) is 7.47. The highest BCUT2D eigenvalue weighted by molar-refractivity contribution is 5.76. The van der Waals surface area contributed by atoms with E-state index in [-0.39, 0.29) is 5.91 Å². The Bertz CT molecular complexity index is 597. The third kappa shape index (κ3) is 4.69. The van der Waals surface area contributed by atoms with Crippen LogP contribution in [0.4, 0.5) is 5.82 Å². The molecule has 0 saturated carbocycles. The van der Waals surface area contributed by atoms with Gasteiger partial charge in [0.05, 0.1) is 0 Å². The van der Waals surface area contributed by atoms with Gasteiger partial charge >= 0.3 is 0 Å². The summed E-state index contributed by atoms with van der Waals surface area (Å²) in [6.45, 7) is 7.12. The minimum Gasteiger partial charge on any atom is -0.356 e. The van der Waals surface area contributed by atoms with Crippen LogP contribution in [0.3, 0.4) is 0 Å². The van der Waals surface area contributed by atoms with E-state index in [0.29, 0.717) is 18.5 Å². The lowest BCUT2D eigenvalue weighted by Gasteiger charge is -2.37. The Labute approximate surface area is 151 Å². The molecule has 25 heavy (non-hydrogen) atoms. The summed E-state index contributed by atoms with van der Waals surface area (Å²) in [6, 6.07) is 3.09. The van der Waals surface area contributed by atoms with E-state index in [1.165, 1.54) is 0 Å². The number of carbonyl (C=O) groups is 1. The molecule has 0 aromatic carbocycles. The molecule has 0 bridgehead atoms. The second kappa shape index (κ2) is 8.13. The number of nitrogens with zero attached hydrogens (tertiary/aromatic N) is 4. The number of amides is 1. The quantitative estimate of drug-likeness (QED) is 0.883. The Balaban J connectivity index is 1.53. The van der Waals surface area contributed by atoms with Crippen molar-refractivity contribution in [2.75, 3.05) is 31.6 Å². The molecule has 1 unspecified atom stereocenters. The van der Waals surface area contributed by atoms with Crippen molar-refractivity contribution in [3.8, 4) is 0 Å². The van der Waals surface area contributed by atoms with Crippen molar-refractivity contribution in [2.45, 2.75) is 64.5 Å². The van der Waals surface area contributed by atoms with Crippen LogP contribution >= 0.6 is 0 Å². The molecule has 1 aromatic heterocycles. The third-order valence-electron chi connectivity index (χ3n) is 5.28. The maximum Gasteiger partial charge on any atom is 0.222 e. The van der Waals surface area contributed by atoms with Gasteiger partial charge in [0, 0.05) is 63.4 Å². The minimum atomic E-state index is 0.273. The SMILES string of the molecule is CCCc1nc(C)cc(N2CCC(NC3CCC(=O)N(C)C3)CC2)n1.